The first-order valence-electron chi connectivity index (χ1n) is 20.4. The molecule has 0 atom stereocenters. The molecule has 1 N–H and O–H groups in total. The summed E-state index contributed by atoms with van der Waals surface area (Å²) in [4.78, 5) is 28.2. The minimum atomic E-state index is -4.50. The molecule has 340 valence electrons. The Bertz CT molecular complexity index is 2590. The number of amides is 2. The number of hydrogen-bond donors (Lipinski definition) is 1. The molecule has 1 aromatic heterocycles. The van der Waals surface area contributed by atoms with Crippen molar-refractivity contribution in [3.05, 3.63) is 134 Å². The summed E-state index contributed by atoms with van der Waals surface area (Å²) in [5.74, 6) is -0.523. The lowest BCUT2D eigenvalue weighted by Gasteiger charge is -2.28. The lowest BCUT2D eigenvalue weighted by atomic mass is 10.0. The Hall–Kier alpha value is -5.17. The predicted molar refractivity (Wildman–Crippen MR) is 232 cm³/mol. The highest BCUT2D eigenvalue weighted by Gasteiger charge is 2.33. The van der Waals surface area contributed by atoms with E-state index in [1.54, 1.807) is 48.0 Å². The van der Waals surface area contributed by atoms with E-state index in [9.17, 15) is 31.2 Å². The van der Waals surface area contributed by atoms with Crippen LogP contribution < -0.4 is 14.8 Å². The first-order chi connectivity index (χ1) is 30.5. The van der Waals surface area contributed by atoms with Gasteiger partial charge in [-0.25, -0.2) is 17.4 Å². The fourth-order valence-corrected chi connectivity index (χ4v) is 9.17. The molecule has 1 saturated carbocycles. The largest absolute Gasteiger partial charge is 0.489 e. The molecule has 5 aromatic rings. The van der Waals surface area contributed by atoms with Crippen molar-refractivity contribution in [3.63, 3.8) is 0 Å². The van der Waals surface area contributed by atoms with Gasteiger partial charge in [0.05, 0.1) is 33.6 Å². The molecule has 2 aliphatic rings. The zero-order chi connectivity index (χ0) is 45.8. The number of benzene rings is 4. The molecule has 0 unspecified atom stereocenters. The quantitative estimate of drug-likeness (QED) is 0.0850. The van der Waals surface area contributed by atoms with Crippen molar-refractivity contribution in [1.82, 2.24) is 24.3 Å². The Morgan fingerprint density at radius 2 is 1.66 bits per heavy atom. The normalized spacial score (nSPS) is 14.0. The van der Waals surface area contributed by atoms with Gasteiger partial charge in [-0.1, -0.05) is 35.3 Å². The number of rotatable bonds is 18. The minimum Gasteiger partial charge on any atom is -0.489 e. The van der Waals surface area contributed by atoms with E-state index in [1.165, 1.54) is 43.5 Å². The van der Waals surface area contributed by atoms with Crippen LogP contribution in [0.5, 0.6) is 11.5 Å². The van der Waals surface area contributed by atoms with Crippen molar-refractivity contribution in [2.24, 2.45) is 0 Å². The summed E-state index contributed by atoms with van der Waals surface area (Å²) in [6, 6.07) is 20.8. The lowest BCUT2D eigenvalue weighted by Crippen LogP contribution is -2.38. The van der Waals surface area contributed by atoms with Gasteiger partial charge in [-0.05, 0) is 105 Å². The van der Waals surface area contributed by atoms with Gasteiger partial charge in [0.1, 0.15) is 24.7 Å². The van der Waals surface area contributed by atoms with E-state index in [2.05, 4.69) is 10.00 Å². The van der Waals surface area contributed by atoms with Crippen LogP contribution in [-0.4, -0.2) is 85.0 Å². The van der Waals surface area contributed by atoms with Gasteiger partial charge in [0.15, 0.2) is 6.79 Å². The fraction of sp³-hybridized carbons (Fsp3) is 0.356. The number of methoxy groups -OCH3 is 1. The number of carbonyl (C=O) groups excluding carboxylic acids is 2. The fourth-order valence-electron chi connectivity index (χ4n) is 7.32. The van der Waals surface area contributed by atoms with Crippen LogP contribution in [0, 0.1) is 13.8 Å². The number of hydrogen-bond acceptors (Lipinski definition) is 10. The van der Waals surface area contributed by atoms with Crippen molar-refractivity contribution in [2.45, 2.75) is 76.5 Å². The molecule has 64 heavy (non-hydrogen) atoms. The highest BCUT2D eigenvalue weighted by atomic mass is 35.5. The molecule has 0 saturated heterocycles. The van der Waals surface area contributed by atoms with E-state index in [1.807, 2.05) is 18.3 Å². The summed E-state index contributed by atoms with van der Waals surface area (Å²) in [6.45, 7) is 3.60. The van der Waals surface area contributed by atoms with Gasteiger partial charge in [0.2, 0.25) is 0 Å². The number of carbonyl (C=O) groups is 2. The number of halogens is 5. The zero-order valence-electron chi connectivity index (χ0n) is 35.2. The Labute approximate surface area is 379 Å². The van der Waals surface area contributed by atoms with Crippen LogP contribution in [0.3, 0.4) is 0 Å². The molecule has 2 amide bonds. The third kappa shape index (κ3) is 11.0. The highest BCUT2D eigenvalue weighted by Crippen LogP contribution is 2.39. The molecule has 4 aromatic carbocycles. The van der Waals surface area contributed by atoms with Crippen LogP contribution in [-0.2, 0) is 45.8 Å². The maximum absolute atomic E-state index is 14.1. The van der Waals surface area contributed by atoms with Gasteiger partial charge in [-0.3, -0.25) is 14.5 Å². The van der Waals surface area contributed by atoms with Crippen molar-refractivity contribution in [1.29, 1.82) is 0 Å². The number of ether oxygens (including phenoxy) is 4. The maximum Gasteiger partial charge on any atom is 0.405 e. The molecular weight excluding hydrogens is 898 g/mol. The van der Waals surface area contributed by atoms with Crippen LogP contribution in [0.1, 0.15) is 73.6 Å². The molecule has 7 rings (SSSR count). The SMILES string of the molecule is COCCCN(C(=O)c1ccc(-n2nc(C)c(Cl)c2C)cc1)S(=O)(=O)c1ccc(OCc2c(Cl)cc(CN(Cc3ccc(C(=O)NCC(F)(F)F)cc3)C3CC3)c3c2COCO3)cc1. The second kappa shape index (κ2) is 19.9. The molecule has 2 heterocycles. The maximum atomic E-state index is 14.1. The number of sulfonamides is 1. The number of alkyl halides is 3. The molecular formula is C45H46Cl2F3N5O8S. The average Bonchev–Trinajstić information content (AvgIpc) is 4.10. The monoisotopic (exact) mass is 943 g/mol. The van der Waals surface area contributed by atoms with E-state index < -0.39 is 34.6 Å². The first kappa shape index (κ1) is 46.8. The van der Waals surface area contributed by atoms with Crippen LogP contribution in [0.2, 0.25) is 10.0 Å². The Morgan fingerprint density at radius 3 is 2.28 bits per heavy atom. The molecule has 13 nitrogen and oxygen atoms in total. The van der Waals surface area contributed by atoms with Gasteiger partial charge in [-0.15, -0.1) is 0 Å². The van der Waals surface area contributed by atoms with Crippen molar-refractivity contribution >= 4 is 45.0 Å². The summed E-state index contributed by atoms with van der Waals surface area (Å²) in [7, 11) is -2.82. The van der Waals surface area contributed by atoms with Crippen LogP contribution in [0.4, 0.5) is 13.2 Å². The third-order valence-electron chi connectivity index (χ3n) is 10.8. The van der Waals surface area contributed by atoms with Crippen LogP contribution in [0.25, 0.3) is 5.69 Å². The van der Waals surface area contributed by atoms with E-state index in [0.29, 0.717) is 57.6 Å². The molecule has 0 bridgehead atoms. The van der Waals surface area contributed by atoms with Gasteiger partial charge in [0, 0.05) is 72.2 Å². The van der Waals surface area contributed by atoms with E-state index in [0.717, 1.165) is 39.5 Å². The Morgan fingerprint density at radius 1 is 0.969 bits per heavy atom. The number of nitrogens with zero attached hydrogens (tertiary/aromatic N) is 4. The number of nitrogens with one attached hydrogen (secondary N) is 1. The first-order valence-corrected chi connectivity index (χ1v) is 22.6. The van der Waals surface area contributed by atoms with Crippen molar-refractivity contribution in [2.75, 3.05) is 33.6 Å². The van der Waals surface area contributed by atoms with Gasteiger partial charge in [-0.2, -0.15) is 18.3 Å². The molecule has 1 aliphatic heterocycles. The van der Waals surface area contributed by atoms with E-state index in [-0.39, 0.29) is 55.6 Å². The van der Waals surface area contributed by atoms with E-state index in [4.69, 9.17) is 42.1 Å². The topological polar surface area (TPSA) is 142 Å². The summed E-state index contributed by atoms with van der Waals surface area (Å²) in [5.41, 5.74) is 5.42. The Kier molecular flexibility index (Phi) is 14.6. The summed E-state index contributed by atoms with van der Waals surface area (Å²) < 4.78 is 91.4. The number of aromatic nitrogens is 2. The second-order valence-corrected chi connectivity index (χ2v) is 18.1. The molecule has 0 spiro atoms. The molecule has 0 radical (unpaired) electrons. The standard InChI is InChI=1S/C45H46Cl2F3N5O8S/c1-28-41(47)29(2)55(52-28)35-11-9-32(10-12-35)44(57)54(19-4-20-60-3)64(58,59)37-17-15-36(16-18-37)62-25-38-39-24-61-27-63-42(39)33(21-40(38)46)23-53(34-13-14-34)22-30-5-7-31(8-6-30)43(56)51-26-45(48,49)50/h5-12,15-18,21,34H,4,13-14,19-20,22-27H2,1-3H3,(H,51,56). The second-order valence-electron chi connectivity index (χ2n) is 15.5. The Balaban J connectivity index is 1.03. The molecule has 1 aliphatic carbocycles. The smallest absolute Gasteiger partial charge is 0.405 e. The zero-order valence-corrected chi connectivity index (χ0v) is 37.5. The predicted octanol–water partition coefficient (Wildman–Crippen LogP) is 8.57. The van der Waals surface area contributed by atoms with E-state index >= 15 is 0 Å². The minimum absolute atomic E-state index is 0.0109. The van der Waals surface area contributed by atoms with Crippen molar-refractivity contribution < 1.29 is 50.1 Å². The molecule has 19 heteroatoms. The number of aryl methyl sites for hydroxylation is 1. The summed E-state index contributed by atoms with van der Waals surface area (Å²) in [6.07, 6.45) is -2.25. The highest BCUT2D eigenvalue weighted by molar-refractivity contribution is 7.89. The average molecular weight is 945 g/mol. The van der Waals surface area contributed by atoms with Gasteiger partial charge >= 0.3 is 6.18 Å². The van der Waals surface area contributed by atoms with Crippen LogP contribution >= 0.6 is 23.2 Å². The summed E-state index contributed by atoms with van der Waals surface area (Å²) >= 11 is 13.3. The molecule has 1 fully saturated rings. The number of fused-ring (bicyclic) bond motifs is 1. The third-order valence-corrected chi connectivity index (χ3v) is 13.5. The summed E-state index contributed by atoms with van der Waals surface area (Å²) in [5, 5.41) is 7.29. The van der Waals surface area contributed by atoms with Gasteiger partial charge < -0.3 is 24.3 Å². The van der Waals surface area contributed by atoms with Crippen LogP contribution in [0.15, 0.2) is 83.8 Å². The van der Waals surface area contributed by atoms with Crippen molar-refractivity contribution in [3.8, 4) is 17.2 Å². The lowest BCUT2D eigenvalue weighted by molar-refractivity contribution is -0.123. The van der Waals surface area contributed by atoms with Gasteiger partial charge in [0.25, 0.3) is 21.8 Å².